The number of amides is 2. The summed E-state index contributed by atoms with van der Waals surface area (Å²) in [7, 11) is 0. The molecular formula is C27H27ClN2O2S. The van der Waals surface area contributed by atoms with Crippen LogP contribution in [0.25, 0.3) is 0 Å². The maximum absolute atomic E-state index is 13.7. The lowest BCUT2D eigenvalue weighted by molar-refractivity contribution is -0.124. The standard InChI is InChI=1S/C27H27ClN2O2S/c28-19-13-11-18(12-14-19)15-16-29-26(31)24-21-8-3-4-9-22(21)27(32)30(20-6-1-2-7-20)25(24)23-10-5-17-33-23/h3-5,8-14,17,20,24-25H,1-2,6-7,15-16H2,(H,29,31)/t24-,25-/m0/s1. The Labute approximate surface area is 203 Å². The molecule has 170 valence electrons. The number of rotatable bonds is 6. The summed E-state index contributed by atoms with van der Waals surface area (Å²) in [5.74, 6) is -0.394. The summed E-state index contributed by atoms with van der Waals surface area (Å²) in [4.78, 5) is 30.5. The number of hydrogen-bond donors (Lipinski definition) is 1. The van der Waals surface area contributed by atoms with Gasteiger partial charge >= 0.3 is 0 Å². The van der Waals surface area contributed by atoms with Gasteiger partial charge in [0, 0.05) is 28.0 Å². The highest BCUT2D eigenvalue weighted by Gasteiger charge is 2.47. The van der Waals surface area contributed by atoms with Gasteiger partial charge in [-0.1, -0.05) is 60.8 Å². The van der Waals surface area contributed by atoms with Gasteiger partial charge in [0.05, 0.1) is 12.0 Å². The first-order valence-corrected chi connectivity index (χ1v) is 12.9. The van der Waals surface area contributed by atoms with Gasteiger partial charge in [0.1, 0.15) is 0 Å². The van der Waals surface area contributed by atoms with Crippen molar-refractivity contribution < 1.29 is 9.59 Å². The highest BCUT2D eigenvalue weighted by molar-refractivity contribution is 7.10. The number of nitrogens with one attached hydrogen (secondary N) is 1. The summed E-state index contributed by atoms with van der Waals surface area (Å²) in [5.41, 5.74) is 2.62. The van der Waals surface area contributed by atoms with Crippen LogP contribution in [-0.2, 0) is 11.2 Å². The molecule has 4 nitrogen and oxygen atoms in total. The van der Waals surface area contributed by atoms with Crippen molar-refractivity contribution in [3.8, 4) is 0 Å². The molecule has 0 unspecified atom stereocenters. The van der Waals surface area contributed by atoms with Gasteiger partial charge in [-0.05, 0) is 60.0 Å². The lowest BCUT2D eigenvalue weighted by Gasteiger charge is -2.44. The number of hydrogen-bond acceptors (Lipinski definition) is 3. The van der Waals surface area contributed by atoms with Crippen LogP contribution in [0.15, 0.2) is 66.0 Å². The number of nitrogens with zero attached hydrogens (tertiary/aromatic N) is 1. The molecule has 6 heteroatoms. The van der Waals surface area contributed by atoms with E-state index in [4.69, 9.17) is 11.6 Å². The van der Waals surface area contributed by atoms with Crippen molar-refractivity contribution in [1.82, 2.24) is 10.2 Å². The Hall–Kier alpha value is -2.63. The molecule has 0 bridgehead atoms. The predicted octanol–water partition coefficient (Wildman–Crippen LogP) is 5.98. The van der Waals surface area contributed by atoms with Crippen LogP contribution in [0.5, 0.6) is 0 Å². The van der Waals surface area contributed by atoms with Crippen molar-refractivity contribution in [3.05, 3.63) is 92.6 Å². The minimum absolute atomic E-state index is 0.0229. The van der Waals surface area contributed by atoms with Crippen molar-refractivity contribution in [2.24, 2.45) is 0 Å². The molecule has 1 aromatic heterocycles. The molecule has 2 heterocycles. The minimum Gasteiger partial charge on any atom is -0.355 e. The second-order valence-corrected chi connectivity index (χ2v) is 10.3. The van der Waals surface area contributed by atoms with Crippen LogP contribution >= 0.6 is 22.9 Å². The lowest BCUT2D eigenvalue weighted by atomic mass is 9.80. The van der Waals surface area contributed by atoms with E-state index in [1.165, 1.54) is 0 Å². The molecule has 2 aliphatic rings. The first kappa shape index (κ1) is 22.2. The Balaban J connectivity index is 1.46. The number of benzene rings is 2. The number of halogens is 1. The molecule has 1 saturated carbocycles. The Kier molecular flexibility index (Phi) is 6.52. The van der Waals surface area contributed by atoms with Crippen LogP contribution < -0.4 is 5.32 Å². The first-order chi connectivity index (χ1) is 16.1. The van der Waals surface area contributed by atoms with E-state index in [1.807, 2.05) is 64.9 Å². The normalized spacial score (nSPS) is 20.6. The van der Waals surface area contributed by atoms with E-state index >= 15 is 0 Å². The summed E-state index contributed by atoms with van der Waals surface area (Å²) in [6.07, 6.45) is 4.99. The Morgan fingerprint density at radius 2 is 1.79 bits per heavy atom. The van der Waals surface area contributed by atoms with Gasteiger partial charge in [-0.25, -0.2) is 0 Å². The smallest absolute Gasteiger partial charge is 0.254 e. The lowest BCUT2D eigenvalue weighted by Crippen LogP contribution is -2.50. The van der Waals surface area contributed by atoms with Gasteiger partial charge in [0.15, 0.2) is 0 Å². The van der Waals surface area contributed by atoms with Crippen LogP contribution in [0.3, 0.4) is 0 Å². The Morgan fingerprint density at radius 3 is 2.52 bits per heavy atom. The maximum atomic E-state index is 13.7. The first-order valence-electron chi connectivity index (χ1n) is 11.6. The zero-order chi connectivity index (χ0) is 22.8. The van der Waals surface area contributed by atoms with E-state index in [0.717, 1.165) is 48.1 Å². The third kappa shape index (κ3) is 4.44. The molecule has 2 aromatic carbocycles. The fraction of sp³-hybridized carbons (Fsp3) is 0.333. The van der Waals surface area contributed by atoms with E-state index in [-0.39, 0.29) is 23.9 Å². The molecular weight excluding hydrogens is 452 g/mol. The molecule has 1 aliphatic heterocycles. The minimum atomic E-state index is -0.427. The van der Waals surface area contributed by atoms with Gasteiger partial charge in [0.25, 0.3) is 5.91 Å². The van der Waals surface area contributed by atoms with E-state index in [1.54, 1.807) is 11.3 Å². The van der Waals surface area contributed by atoms with Crippen molar-refractivity contribution in [2.45, 2.75) is 50.1 Å². The third-order valence-electron chi connectivity index (χ3n) is 6.84. The van der Waals surface area contributed by atoms with Gasteiger partial charge in [0.2, 0.25) is 5.91 Å². The fourth-order valence-corrected chi connectivity index (χ4v) is 6.26. The van der Waals surface area contributed by atoms with Crippen molar-refractivity contribution in [1.29, 1.82) is 0 Å². The van der Waals surface area contributed by atoms with E-state index in [9.17, 15) is 9.59 Å². The molecule has 2 atom stereocenters. The van der Waals surface area contributed by atoms with E-state index in [2.05, 4.69) is 11.4 Å². The SMILES string of the molecule is O=C(NCCc1ccc(Cl)cc1)[C@H]1c2ccccc2C(=O)N(C2CCCC2)[C@H]1c1cccs1. The molecule has 1 aliphatic carbocycles. The molecule has 0 spiro atoms. The Bertz CT molecular complexity index is 1120. The second kappa shape index (κ2) is 9.70. The molecule has 1 N–H and O–H groups in total. The Morgan fingerprint density at radius 1 is 1.03 bits per heavy atom. The third-order valence-corrected chi connectivity index (χ3v) is 8.03. The van der Waals surface area contributed by atoms with Gasteiger partial charge < -0.3 is 10.2 Å². The van der Waals surface area contributed by atoms with Crippen LogP contribution in [-0.4, -0.2) is 29.3 Å². The van der Waals surface area contributed by atoms with Crippen LogP contribution in [0.1, 0.15) is 64.0 Å². The quantitative estimate of drug-likeness (QED) is 0.473. The van der Waals surface area contributed by atoms with Crippen LogP contribution in [0.2, 0.25) is 5.02 Å². The maximum Gasteiger partial charge on any atom is 0.254 e. The predicted molar refractivity (Wildman–Crippen MR) is 133 cm³/mol. The summed E-state index contributed by atoms with van der Waals surface area (Å²) in [6, 6.07) is 19.3. The van der Waals surface area contributed by atoms with Crippen molar-refractivity contribution in [3.63, 3.8) is 0 Å². The summed E-state index contributed by atoms with van der Waals surface area (Å²) >= 11 is 7.61. The second-order valence-electron chi connectivity index (χ2n) is 8.84. The van der Waals surface area contributed by atoms with Crippen molar-refractivity contribution >= 4 is 34.8 Å². The van der Waals surface area contributed by atoms with Crippen molar-refractivity contribution in [2.75, 3.05) is 6.54 Å². The number of carbonyl (C=O) groups is 2. The van der Waals surface area contributed by atoms with E-state index < -0.39 is 5.92 Å². The average molecular weight is 479 g/mol. The van der Waals surface area contributed by atoms with Crippen LogP contribution in [0.4, 0.5) is 0 Å². The zero-order valence-corrected chi connectivity index (χ0v) is 19.9. The molecule has 33 heavy (non-hydrogen) atoms. The number of carbonyl (C=O) groups excluding carboxylic acids is 2. The molecule has 0 saturated heterocycles. The van der Waals surface area contributed by atoms with E-state index in [0.29, 0.717) is 17.1 Å². The van der Waals surface area contributed by atoms with Gasteiger partial charge in [-0.15, -0.1) is 11.3 Å². The fourth-order valence-electron chi connectivity index (χ4n) is 5.27. The number of fused-ring (bicyclic) bond motifs is 1. The highest BCUT2D eigenvalue weighted by Crippen LogP contribution is 2.47. The van der Waals surface area contributed by atoms with Gasteiger partial charge in [-0.3, -0.25) is 9.59 Å². The van der Waals surface area contributed by atoms with Crippen LogP contribution in [0, 0.1) is 0 Å². The average Bonchev–Trinajstić information content (AvgIpc) is 3.55. The molecule has 0 radical (unpaired) electrons. The summed E-state index contributed by atoms with van der Waals surface area (Å²) in [6.45, 7) is 0.535. The summed E-state index contributed by atoms with van der Waals surface area (Å²) in [5, 5.41) is 5.91. The summed E-state index contributed by atoms with van der Waals surface area (Å²) < 4.78 is 0. The number of thiophene rings is 1. The molecule has 3 aromatic rings. The largest absolute Gasteiger partial charge is 0.355 e. The zero-order valence-electron chi connectivity index (χ0n) is 18.4. The topological polar surface area (TPSA) is 49.4 Å². The molecule has 2 amide bonds. The highest BCUT2D eigenvalue weighted by atomic mass is 35.5. The van der Waals surface area contributed by atoms with Gasteiger partial charge in [-0.2, -0.15) is 0 Å². The monoisotopic (exact) mass is 478 g/mol. The molecule has 5 rings (SSSR count). The molecule has 1 fully saturated rings.